The Kier molecular flexibility index (Phi) is 15.1. The fourth-order valence-corrected chi connectivity index (χ4v) is 1.55. The summed E-state index contributed by atoms with van der Waals surface area (Å²) in [7, 11) is 0. The van der Waals surface area contributed by atoms with Crippen LogP contribution in [0.5, 0.6) is 5.75 Å². The molecule has 7 heteroatoms. The number of aromatic hydroxyl groups is 1. The normalized spacial score (nSPS) is 8.12. The number of hydrogen-bond donors (Lipinski definition) is 1. The minimum absolute atomic E-state index is 0.245. The summed E-state index contributed by atoms with van der Waals surface area (Å²) in [6.07, 6.45) is 0. The third kappa shape index (κ3) is 15.8. The van der Waals surface area contributed by atoms with Gasteiger partial charge in [-0.1, -0.05) is 21.6 Å². The Labute approximate surface area is 168 Å². The predicted octanol–water partition coefficient (Wildman–Crippen LogP) is 6.09. The third-order valence-electron chi connectivity index (χ3n) is 2.18. The summed E-state index contributed by atoms with van der Waals surface area (Å²) in [4.78, 5) is 0. The van der Waals surface area contributed by atoms with Gasteiger partial charge in [-0.25, -0.2) is 0 Å². The van der Waals surface area contributed by atoms with Gasteiger partial charge in [0.25, 0.3) is 0 Å². The van der Waals surface area contributed by atoms with Crippen LogP contribution in [0.3, 0.4) is 0 Å². The number of phenols is 1. The van der Waals surface area contributed by atoms with Crippen molar-refractivity contribution in [3.8, 4) is 5.75 Å². The van der Waals surface area contributed by atoms with E-state index in [4.69, 9.17) is 47.3 Å². The zero-order chi connectivity index (χ0) is 18.9. The second-order valence-corrected chi connectivity index (χ2v) is 5.53. The van der Waals surface area contributed by atoms with E-state index in [1.165, 1.54) is 0 Å². The van der Waals surface area contributed by atoms with Crippen molar-refractivity contribution in [2.45, 2.75) is 0 Å². The van der Waals surface area contributed by atoms with Crippen LogP contribution in [-0.4, -0.2) is 5.11 Å². The molecule has 0 heterocycles. The average molecular weight is 435 g/mol. The molecule has 131 valence electrons. The fraction of sp³-hybridized carbons (Fsp3) is 0. The SMILES string of the molecule is Clc1cc[c-]cc1.Clc1cc[c-]cc1.Oc1ccc(Cl)cc1.[O]=[V]=[O]. The number of halogens is 3. The summed E-state index contributed by atoms with van der Waals surface area (Å²) >= 11 is 14.7. The first-order valence-corrected chi connectivity index (χ1v) is 8.89. The summed E-state index contributed by atoms with van der Waals surface area (Å²) in [6.45, 7) is 0. The monoisotopic (exact) mass is 433 g/mol. The molecule has 0 amide bonds. The Morgan fingerprint density at radius 3 is 1.12 bits per heavy atom. The van der Waals surface area contributed by atoms with Crippen LogP contribution in [0.25, 0.3) is 0 Å². The maximum absolute atomic E-state index is 8.70. The van der Waals surface area contributed by atoms with Gasteiger partial charge in [0.15, 0.2) is 0 Å². The second kappa shape index (κ2) is 16.0. The van der Waals surface area contributed by atoms with Crippen LogP contribution in [0.15, 0.2) is 72.8 Å². The van der Waals surface area contributed by atoms with E-state index in [2.05, 4.69) is 12.1 Å². The number of rotatable bonds is 0. The van der Waals surface area contributed by atoms with Crippen molar-refractivity contribution in [2.24, 2.45) is 0 Å². The molecule has 1 N–H and O–H groups in total. The molecule has 0 saturated carbocycles. The molecule has 0 unspecified atom stereocenters. The molecule has 0 aliphatic carbocycles. The van der Waals surface area contributed by atoms with Crippen LogP contribution in [0.1, 0.15) is 0 Å². The molecule has 0 saturated heterocycles. The van der Waals surface area contributed by atoms with Crippen molar-refractivity contribution >= 4 is 34.8 Å². The van der Waals surface area contributed by atoms with Crippen LogP contribution >= 0.6 is 34.8 Å². The van der Waals surface area contributed by atoms with E-state index in [9.17, 15) is 0 Å². The molecule has 0 spiro atoms. The van der Waals surface area contributed by atoms with Gasteiger partial charge in [-0.2, -0.15) is 60.7 Å². The fourth-order valence-electron chi connectivity index (χ4n) is 1.17. The third-order valence-corrected chi connectivity index (χ3v) is 2.94. The van der Waals surface area contributed by atoms with E-state index < -0.39 is 16.2 Å². The van der Waals surface area contributed by atoms with Crippen LogP contribution in [0.2, 0.25) is 15.1 Å². The summed E-state index contributed by atoms with van der Waals surface area (Å²) in [5, 5.41) is 10.9. The number of benzene rings is 3. The molecule has 0 aliphatic rings. The zero-order valence-corrected chi connectivity index (χ0v) is 16.4. The van der Waals surface area contributed by atoms with E-state index in [-0.39, 0.29) is 5.75 Å². The predicted molar refractivity (Wildman–Crippen MR) is 95.1 cm³/mol. The van der Waals surface area contributed by atoms with E-state index in [0.29, 0.717) is 5.02 Å². The molecule has 0 aromatic heterocycles. The van der Waals surface area contributed by atoms with Crippen LogP contribution in [0, 0.1) is 12.1 Å². The Morgan fingerprint density at radius 1 is 0.640 bits per heavy atom. The zero-order valence-electron chi connectivity index (χ0n) is 12.8. The molecule has 0 atom stereocenters. The second-order valence-electron chi connectivity index (χ2n) is 3.99. The minimum atomic E-state index is -1.81. The summed E-state index contributed by atoms with van der Waals surface area (Å²) in [6, 6.07) is 26.4. The van der Waals surface area contributed by atoms with Crippen molar-refractivity contribution < 1.29 is 28.6 Å². The van der Waals surface area contributed by atoms with Gasteiger partial charge in [0, 0.05) is 5.02 Å². The number of hydrogen-bond acceptors (Lipinski definition) is 3. The van der Waals surface area contributed by atoms with Crippen LogP contribution < -0.4 is 0 Å². The number of phenolic OH excluding ortho intramolecular Hbond substituents is 1. The van der Waals surface area contributed by atoms with Gasteiger partial charge >= 0.3 is 23.5 Å². The molecule has 0 radical (unpaired) electrons. The first-order valence-electron chi connectivity index (χ1n) is 6.62. The van der Waals surface area contributed by atoms with Crippen molar-refractivity contribution in [2.75, 3.05) is 0 Å². The van der Waals surface area contributed by atoms with Crippen molar-refractivity contribution in [3.05, 3.63) is 100.0 Å². The Balaban J connectivity index is 0.000000321. The van der Waals surface area contributed by atoms with Crippen LogP contribution in [-0.2, 0) is 23.5 Å². The topological polar surface area (TPSA) is 54.4 Å². The van der Waals surface area contributed by atoms with Crippen LogP contribution in [0.4, 0.5) is 0 Å². The Hall–Kier alpha value is -1.49. The Bertz CT molecular complexity index is 659. The van der Waals surface area contributed by atoms with E-state index in [1.54, 1.807) is 72.8 Å². The van der Waals surface area contributed by atoms with Crippen molar-refractivity contribution in [1.29, 1.82) is 0 Å². The molecule has 0 bridgehead atoms. The molecular formula is C18H13Cl3O3V-2. The summed E-state index contributed by atoms with van der Waals surface area (Å²) in [5.74, 6) is 0.245. The van der Waals surface area contributed by atoms with Crippen molar-refractivity contribution in [1.82, 2.24) is 0 Å². The molecule has 3 aromatic carbocycles. The maximum atomic E-state index is 8.70. The molecular weight excluding hydrogens is 421 g/mol. The van der Waals surface area contributed by atoms with Gasteiger partial charge in [-0.3, -0.25) is 0 Å². The van der Waals surface area contributed by atoms with E-state index >= 15 is 0 Å². The van der Waals surface area contributed by atoms with E-state index in [0.717, 1.165) is 10.0 Å². The van der Waals surface area contributed by atoms with E-state index in [1.807, 2.05) is 0 Å². The first kappa shape index (κ1) is 23.5. The van der Waals surface area contributed by atoms with Gasteiger partial charge < -0.3 is 5.11 Å². The average Bonchev–Trinajstić information content (AvgIpc) is 2.61. The summed E-state index contributed by atoms with van der Waals surface area (Å²) in [5.41, 5.74) is 0. The van der Waals surface area contributed by atoms with Gasteiger partial charge in [0.05, 0.1) is 0 Å². The molecule has 25 heavy (non-hydrogen) atoms. The first-order chi connectivity index (χ1) is 12.0. The van der Waals surface area contributed by atoms with Gasteiger partial charge in [-0.05, 0) is 24.3 Å². The molecule has 0 aliphatic heterocycles. The summed E-state index contributed by atoms with van der Waals surface area (Å²) < 4.78 is 16.9. The molecule has 3 nitrogen and oxygen atoms in total. The molecule has 0 fully saturated rings. The van der Waals surface area contributed by atoms with Gasteiger partial charge in [0.1, 0.15) is 5.75 Å². The Morgan fingerprint density at radius 2 is 0.920 bits per heavy atom. The standard InChI is InChI=1S/C6H5ClO.2C6H4Cl.2O.V/c7-5-1-3-6(8)4-2-5;2*7-6-4-2-1-3-5-6;;;/h1-4,8H;2*2-5H;;;/q;2*-1;;;. The van der Waals surface area contributed by atoms with Gasteiger partial charge in [0.2, 0.25) is 0 Å². The quantitative estimate of drug-likeness (QED) is 0.436. The molecule has 3 aromatic rings. The van der Waals surface area contributed by atoms with Gasteiger partial charge in [-0.15, -0.1) is 23.2 Å². The molecule has 3 rings (SSSR count). The van der Waals surface area contributed by atoms with Crippen molar-refractivity contribution in [3.63, 3.8) is 0 Å².